The number of hydrogen-bond acceptors (Lipinski definition) is 10. The van der Waals surface area contributed by atoms with Crippen LogP contribution in [0.5, 0.6) is 0 Å². The largest absolute Gasteiger partial charge is 0.481 e. The van der Waals surface area contributed by atoms with Gasteiger partial charge in [-0.2, -0.15) is 8.42 Å². The number of carboxylic acid groups (broad SMARTS) is 1. The summed E-state index contributed by atoms with van der Waals surface area (Å²) in [7, 11) is -5.62. The van der Waals surface area contributed by atoms with Crippen LogP contribution in [0.25, 0.3) is 0 Å². The summed E-state index contributed by atoms with van der Waals surface area (Å²) in [6, 6.07) is 0. The number of aliphatic carboxylic acids is 1. The van der Waals surface area contributed by atoms with Gasteiger partial charge in [-0.05, 0) is 0 Å². The highest BCUT2D eigenvalue weighted by molar-refractivity contribution is 7.86. The fraction of sp³-hybridized carbons (Fsp3) is 0.583. The molecule has 4 atom stereocenters. The number of carbonyl (C=O) groups is 1. The minimum absolute atomic E-state index is 0.00769. The fourth-order valence-corrected chi connectivity index (χ4v) is 4.23. The van der Waals surface area contributed by atoms with E-state index in [2.05, 4.69) is 0 Å². The van der Waals surface area contributed by atoms with Gasteiger partial charge in [0.05, 0.1) is 13.0 Å². The van der Waals surface area contributed by atoms with Gasteiger partial charge in [0.25, 0.3) is 5.56 Å². The average Bonchev–Trinajstić information content (AvgIpc) is 2.79. The molecule has 1 saturated heterocycles. The number of nitrogens with two attached hydrogens (primary N) is 1. The van der Waals surface area contributed by atoms with Crippen molar-refractivity contribution < 1.29 is 42.9 Å². The van der Waals surface area contributed by atoms with Gasteiger partial charge in [0.1, 0.15) is 12.2 Å². The highest BCUT2D eigenvalue weighted by Crippen LogP contribution is 2.46. The number of rotatable bonds is 6. The minimum Gasteiger partial charge on any atom is -0.481 e. The number of carboxylic acids is 1. The van der Waals surface area contributed by atoms with Gasteiger partial charge >= 0.3 is 26.8 Å². The zero-order valence-electron chi connectivity index (χ0n) is 13.5. The zero-order chi connectivity index (χ0) is 20.8. The summed E-state index contributed by atoms with van der Waals surface area (Å²) in [5.41, 5.74) is -1.03. The molecule has 1 aromatic heterocycles. The first-order chi connectivity index (χ1) is 12.4. The highest BCUT2D eigenvalue weighted by atomic mass is 32.2. The summed E-state index contributed by atoms with van der Waals surface area (Å²) in [4.78, 5) is 36.5. The van der Waals surface area contributed by atoms with Crippen molar-refractivity contribution in [3.05, 3.63) is 32.6 Å². The van der Waals surface area contributed by atoms with E-state index in [1.165, 1.54) is 0 Å². The molecule has 14 nitrogen and oxygen atoms in total. The van der Waals surface area contributed by atoms with E-state index in [9.17, 15) is 42.7 Å². The minimum atomic E-state index is -5.62. The van der Waals surface area contributed by atoms with Crippen LogP contribution in [0, 0.1) is 0 Å². The Morgan fingerprint density at radius 3 is 2.44 bits per heavy atom. The number of hydrogen-bond donors (Lipinski definition) is 7. The number of aliphatic hydroxyl groups excluding tert-OH is 2. The number of nitrogens with zero attached hydrogens (tertiary/aromatic N) is 1. The van der Waals surface area contributed by atoms with Crippen LogP contribution in [0.2, 0.25) is 0 Å². The number of aromatic amines is 1. The third-order valence-electron chi connectivity index (χ3n) is 4.22. The molecular weight excluding hydrogens is 394 g/mol. The van der Waals surface area contributed by atoms with E-state index in [1.54, 1.807) is 4.98 Å². The van der Waals surface area contributed by atoms with E-state index < -0.39 is 75.3 Å². The highest BCUT2D eigenvalue weighted by Gasteiger charge is 2.73. The molecule has 2 rings (SSSR count). The second kappa shape index (κ2) is 6.79. The van der Waals surface area contributed by atoms with E-state index in [-0.39, 0.29) is 4.57 Å². The molecule has 0 spiro atoms. The Morgan fingerprint density at radius 1 is 1.41 bits per heavy atom. The zero-order valence-corrected chi connectivity index (χ0v) is 14.3. The third kappa shape index (κ3) is 2.98. The van der Waals surface area contributed by atoms with Gasteiger partial charge in [0, 0.05) is 18.3 Å². The van der Waals surface area contributed by atoms with Crippen LogP contribution < -0.4 is 17.0 Å². The molecule has 0 amide bonds. The predicted octanol–water partition coefficient (Wildman–Crippen LogP) is -4.90. The van der Waals surface area contributed by atoms with Crippen LogP contribution in [0.4, 0.5) is 0 Å². The Bertz CT molecular complexity index is 970. The molecule has 152 valence electrons. The van der Waals surface area contributed by atoms with E-state index in [1.807, 2.05) is 0 Å². The molecule has 0 bridgehead atoms. The van der Waals surface area contributed by atoms with Crippen LogP contribution in [0.15, 0.2) is 15.8 Å². The van der Waals surface area contributed by atoms with Crippen molar-refractivity contribution in [3.63, 3.8) is 0 Å². The van der Waals surface area contributed by atoms with Crippen molar-refractivity contribution in [2.24, 2.45) is 5.73 Å². The molecule has 0 unspecified atom stereocenters. The van der Waals surface area contributed by atoms with Gasteiger partial charge in [-0.25, -0.2) is 4.79 Å². The van der Waals surface area contributed by atoms with Crippen LogP contribution >= 0.6 is 0 Å². The molecule has 0 aliphatic carbocycles. The molecule has 0 aromatic carbocycles. The van der Waals surface area contributed by atoms with Gasteiger partial charge in [0.2, 0.25) is 0 Å². The van der Waals surface area contributed by atoms with Crippen molar-refractivity contribution in [1.29, 1.82) is 0 Å². The lowest BCUT2D eigenvalue weighted by Crippen LogP contribution is -2.67. The maximum Gasteiger partial charge on any atom is 0.331 e. The normalized spacial score (nSPS) is 31.1. The van der Waals surface area contributed by atoms with Crippen molar-refractivity contribution in [2.75, 3.05) is 13.2 Å². The van der Waals surface area contributed by atoms with Crippen LogP contribution in [-0.2, 0) is 31.1 Å². The average molecular weight is 411 g/mol. The topological polar surface area (TPSA) is 242 Å². The molecule has 2 heterocycles. The van der Waals surface area contributed by atoms with Crippen LogP contribution in [0.1, 0.15) is 5.56 Å². The Morgan fingerprint density at radius 2 is 2.00 bits per heavy atom. The number of nitrogens with one attached hydrogen (secondary N) is 1. The number of aromatic nitrogens is 2. The molecule has 1 aliphatic rings. The molecule has 1 aliphatic heterocycles. The number of aliphatic hydroxyl groups is 3. The SMILES string of the molecule is NC[C@@]1(O)[C@H](O)[C@@H](CO)O[C@]1(n1cc(CC(=O)O)c(=O)[nH]c1=O)S(=O)(=O)O. The quantitative estimate of drug-likeness (QED) is 0.218. The molecule has 1 fully saturated rings. The molecule has 15 heteroatoms. The smallest absolute Gasteiger partial charge is 0.331 e. The molecule has 27 heavy (non-hydrogen) atoms. The maximum absolute atomic E-state index is 12.2. The molecule has 8 N–H and O–H groups in total. The van der Waals surface area contributed by atoms with Crippen LogP contribution in [-0.4, -0.2) is 79.9 Å². The number of H-pyrrole nitrogens is 1. The second-order valence-corrected chi connectivity index (χ2v) is 7.33. The van der Waals surface area contributed by atoms with Crippen molar-refractivity contribution in [1.82, 2.24) is 9.55 Å². The van der Waals surface area contributed by atoms with E-state index in [4.69, 9.17) is 15.6 Å². The lowest BCUT2D eigenvalue weighted by Gasteiger charge is -2.38. The predicted molar refractivity (Wildman–Crippen MR) is 84.2 cm³/mol. The fourth-order valence-electron chi connectivity index (χ4n) is 2.94. The first kappa shape index (κ1) is 21.2. The van der Waals surface area contributed by atoms with Crippen molar-refractivity contribution in [3.8, 4) is 0 Å². The Labute approximate surface area is 150 Å². The molecule has 1 aromatic rings. The van der Waals surface area contributed by atoms with Crippen molar-refractivity contribution >= 4 is 16.1 Å². The Kier molecular flexibility index (Phi) is 5.32. The summed E-state index contributed by atoms with van der Waals surface area (Å²) in [6.07, 6.45) is -4.50. The second-order valence-electron chi connectivity index (χ2n) is 5.82. The summed E-state index contributed by atoms with van der Waals surface area (Å²) in [6.45, 7) is -2.12. The van der Waals surface area contributed by atoms with Crippen LogP contribution in [0.3, 0.4) is 0 Å². The monoisotopic (exact) mass is 411 g/mol. The Hall–Kier alpha value is -2.14. The van der Waals surface area contributed by atoms with Crippen molar-refractivity contribution in [2.45, 2.75) is 29.3 Å². The summed E-state index contributed by atoms with van der Waals surface area (Å²) >= 11 is 0. The number of ether oxygens (including phenoxy) is 1. The van der Waals surface area contributed by atoms with E-state index in [0.717, 1.165) is 0 Å². The maximum atomic E-state index is 12.2. The first-order valence-corrected chi connectivity index (χ1v) is 8.73. The standard InChI is InChI=1S/C12H17N3O11S/c13-4-11(22)8(19)6(3-16)26-12(11,27(23,24)25)15-2-5(1-7(17)18)9(20)14-10(15)21/h2,6,8,16,19,22H,1,3-4,13H2,(H,17,18)(H,14,20,21)(H,23,24,25)/t6-,8-,11-,12+/m1/s1. The van der Waals surface area contributed by atoms with E-state index in [0.29, 0.717) is 6.20 Å². The Balaban J connectivity index is 2.94. The third-order valence-corrected chi connectivity index (χ3v) is 5.56. The van der Waals surface area contributed by atoms with E-state index >= 15 is 0 Å². The van der Waals surface area contributed by atoms with Gasteiger partial charge in [-0.3, -0.25) is 23.7 Å². The summed E-state index contributed by atoms with van der Waals surface area (Å²) in [5.74, 6) is -1.51. The summed E-state index contributed by atoms with van der Waals surface area (Å²) in [5, 5.41) is 35.5. The first-order valence-electron chi connectivity index (χ1n) is 7.29. The summed E-state index contributed by atoms with van der Waals surface area (Å²) < 4.78 is 39.1. The molecule has 0 radical (unpaired) electrons. The van der Waals surface area contributed by atoms with Gasteiger partial charge in [0.15, 0.2) is 5.60 Å². The molecule has 0 saturated carbocycles. The molecular formula is C12H17N3O11S. The van der Waals surface area contributed by atoms with Gasteiger partial charge < -0.3 is 30.9 Å². The lowest BCUT2D eigenvalue weighted by atomic mass is 9.93. The van der Waals surface area contributed by atoms with Gasteiger partial charge in [-0.15, -0.1) is 0 Å². The van der Waals surface area contributed by atoms with Gasteiger partial charge in [-0.1, -0.05) is 0 Å². The lowest BCUT2D eigenvalue weighted by molar-refractivity contribution is -0.141.